The molecule has 0 saturated carbocycles. The predicted molar refractivity (Wildman–Crippen MR) is 50.9 cm³/mol. The summed E-state index contributed by atoms with van der Waals surface area (Å²) in [7, 11) is 5.58. The molecular formula is C7H5BClN3. The van der Waals surface area contributed by atoms with E-state index in [1.165, 1.54) is 0 Å². The van der Waals surface area contributed by atoms with E-state index < -0.39 is 0 Å². The van der Waals surface area contributed by atoms with Crippen LogP contribution in [0.2, 0.25) is 5.28 Å². The molecule has 12 heavy (non-hydrogen) atoms. The van der Waals surface area contributed by atoms with Crippen LogP contribution in [0.5, 0.6) is 0 Å². The second-order valence-corrected chi connectivity index (χ2v) is 2.88. The molecule has 0 unspecified atom stereocenters. The number of rotatable bonds is 0. The molecule has 2 rings (SSSR count). The van der Waals surface area contributed by atoms with Crippen LogP contribution in [0.4, 0.5) is 5.69 Å². The Bertz CT molecular complexity index is 398. The first-order chi connectivity index (χ1) is 5.66. The van der Waals surface area contributed by atoms with Crippen LogP contribution < -0.4 is 11.2 Å². The van der Waals surface area contributed by atoms with Crippen molar-refractivity contribution in [1.82, 2.24) is 9.97 Å². The minimum absolute atomic E-state index is 0.343. The van der Waals surface area contributed by atoms with Crippen LogP contribution in [0.1, 0.15) is 0 Å². The summed E-state index contributed by atoms with van der Waals surface area (Å²) in [4.78, 5) is 6.83. The minimum Gasteiger partial charge on any atom is -0.399 e. The lowest BCUT2D eigenvalue weighted by Gasteiger charge is -1.97. The number of nitrogens with two attached hydrogens (primary N) is 1. The second-order valence-electron chi connectivity index (χ2n) is 2.53. The van der Waals surface area contributed by atoms with Gasteiger partial charge >= 0.3 is 0 Å². The SMILES string of the molecule is [B]c1cc2[nH]c(Cl)nc2cc1N. The molecule has 0 fully saturated rings. The van der Waals surface area contributed by atoms with Gasteiger partial charge in [0.05, 0.1) is 11.0 Å². The molecule has 2 radical (unpaired) electrons. The number of fused-ring (bicyclic) bond motifs is 1. The van der Waals surface area contributed by atoms with Crippen LogP contribution >= 0.6 is 11.6 Å². The summed E-state index contributed by atoms with van der Waals surface area (Å²) < 4.78 is 0. The molecule has 1 heterocycles. The summed E-state index contributed by atoms with van der Waals surface area (Å²) >= 11 is 5.64. The predicted octanol–water partition coefficient (Wildman–Crippen LogP) is 0.592. The highest BCUT2D eigenvalue weighted by Gasteiger charge is 2.02. The molecule has 0 saturated heterocycles. The first-order valence-corrected chi connectivity index (χ1v) is 3.75. The number of imidazole rings is 1. The van der Waals surface area contributed by atoms with Crippen molar-refractivity contribution in [2.24, 2.45) is 0 Å². The Morgan fingerprint density at radius 1 is 1.50 bits per heavy atom. The highest BCUT2D eigenvalue weighted by Crippen LogP contribution is 2.15. The number of hydrogen-bond donors (Lipinski definition) is 2. The largest absolute Gasteiger partial charge is 0.399 e. The average molecular weight is 177 g/mol. The van der Waals surface area contributed by atoms with Crippen molar-refractivity contribution < 1.29 is 0 Å². The fourth-order valence-corrected chi connectivity index (χ4v) is 1.25. The number of aromatic amines is 1. The number of anilines is 1. The number of H-pyrrole nitrogens is 1. The fourth-order valence-electron chi connectivity index (χ4n) is 1.06. The van der Waals surface area contributed by atoms with Gasteiger partial charge in [0.1, 0.15) is 7.85 Å². The van der Waals surface area contributed by atoms with Crippen molar-refractivity contribution in [2.75, 3.05) is 5.73 Å². The summed E-state index contributed by atoms with van der Waals surface area (Å²) in [5.41, 5.74) is 8.15. The topological polar surface area (TPSA) is 54.7 Å². The van der Waals surface area contributed by atoms with E-state index in [0.717, 1.165) is 11.0 Å². The Kier molecular flexibility index (Phi) is 1.51. The van der Waals surface area contributed by atoms with Gasteiger partial charge in [0, 0.05) is 5.69 Å². The van der Waals surface area contributed by atoms with E-state index >= 15 is 0 Å². The molecule has 1 aromatic carbocycles. The first-order valence-electron chi connectivity index (χ1n) is 3.37. The third-order valence-electron chi connectivity index (χ3n) is 1.66. The van der Waals surface area contributed by atoms with Crippen molar-refractivity contribution in [3.8, 4) is 0 Å². The van der Waals surface area contributed by atoms with Crippen molar-refractivity contribution >= 4 is 41.6 Å². The number of aromatic nitrogens is 2. The van der Waals surface area contributed by atoms with E-state index in [4.69, 9.17) is 25.2 Å². The van der Waals surface area contributed by atoms with Gasteiger partial charge in [0.15, 0.2) is 0 Å². The highest BCUT2D eigenvalue weighted by atomic mass is 35.5. The Morgan fingerprint density at radius 2 is 2.25 bits per heavy atom. The van der Waals surface area contributed by atoms with Crippen LogP contribution in [0.25, 0.3) is 11.0 Å². The lowest BCUT2D eigenvalue weighted by atomic mass is 9.94. The van der Waals surface area contributed by atoms with Gasteiger partial charge in [-0.25, -0.2) is 4.98 Å². The molecule has 0 aliphatic carbocycles. The zero-order chi connectivity index (χ0) is 8.72. The van der Waals surface area contributed by atoms with Crippen molar-refractivity contribution in [2.45, 2.75) is 0 Å². The molecule has 2 aromatic rings. The van der Waals surface area contributed by atoms with E-state index in [2.05, 4.69) is 9.97 Å². The van der Waals surface area contributed by atoms with Gasteiger partial charge in [-0.15, -0.1) is 0 Å². The van der Waals surface area contributed by atoms with Gasteiger partial charge < -0.3 is 10.7 Å². The Morgan fingerprint density at radius 3 is 3.00 bits per heavy atom. The van der Waals surface area contributed by atoms with Crippen LogP contribution in [0.3, 0.4) is 0 Å². The summed E-state index contributed by atoms with van der Waals surface area (Å²) in [6.45, 7) is 0. The average Bonchev–Trinajstić information content (AvgIpc) is 2.30. The van der Waals surface area contributed by atoms with E-state index in [1.807, 2.05) is 0 Å². The fraction of sp³-hybridized carbons (Fsp3) is 0. The monoisotopic (exact) mass is 177 g/mol. The molecule has 0 spiro atoms. The van der Waals surface area contributed by atoms with E-state index in [9.17, 15) is 0 Å². The van der Waals surface area contributed by atoms with E-state index in [1.54, 1.807) is 12.1 Å². The Labute approximate surface area is 75.3 Å². The lowest BCUT2D eigenvalue weighted by molar-refractivity contribution is 1.34. The number of nitrogens with one attached hydrogen (secondary N) is 1. The number of halogens is 1. The third-order valence-corrected chi connectivity index (χ3v) is 1.84. The lowest BCUT2D eigenvalue weighted by Crippen LogP contribution is -2.08. The van der Waals surface area contributed by atoms with Gasteiger partial charge in [-0.2, -0.15) is 0 Å². The summed E-state index contributed by atoms with van der Waals surface area (Å²) in [5, 5.41) is 0.343. The van der Waals surface area contributed by atoms with Gasteiger partial charge in [-0.1, -0.05) is 5.46 Å². The maximum absolute atomic E-state index is 5.64. The normalized spacial score (nSPS) is 10.8. The zero-order valence-electron chi connectivity index (χ0n) is 6.13. The Hall–Kier alpha value is -1.16. The van der Waals surface area contributed by atoms with Crippen molar-refractivity contribution in [3.05, 3.63) is 17.4 Å². The summed E-state index contributed by atoms with van der Waals surface area (Å²) in [6.07, 6.45) is 0. The van der Waals surface area contributed by atoms with Crippen molar-refractivity contribution in [1.29, 1.82) is 0 Å². The maximum Gasteiger partial charge on any atom is 0.201 e. The molecule has 1 aromatic heterocycles. The molecule has 3 N–H and O–H groups in total. The number of benzene rings is 1. The van der Waals surface area contributed by atoms with Crippen LogP contribution in [0, 0.1) is 0 Å². The molecule has 0 aliphatic heterocycles. The number of nitrogen functional groups attached to an aromatic ring is 1. The van der Waals surface area contributed by atoms with E-state index in [-0.39, 0.29) is 0 Å². The third kappa shape index (κ3) is 1.04. The standard InChI is InChI=1S/C7H5BClN3/c8-3-1-5-6(2-4(3)10)12-7(9)11-5/h1-2H,10H2,(H,11,12). The van der Waals surface area contributed by atoms with Crippen LogP contribution in [-0.4, -0.2) is 17.8 Å². The first kappa shape index (κ1) is 7.49. The molecule has 0 amide bonds. The second kappa shape index (κ2) is 2.42. The van der Waals surface area contributed by atoms with Crippen LogP contribution in [-0.2, 0) is 0 Å². The zero-order valence-corrected chi connectivity index (χ0v) is 6.89. The molecule has 0 aliphatic rings. The van der Waals surface area contributed by atoms with Gasteiger partial charge in [0.2, 0.25) is 5.28 Å². The molecule has 0 bridgehead atoms. The van der Waals surface area contributed by atoms with Crippen LogP contribution in [0.15, 0.2) is 12.1 Å². The summed E-state index contributed by atoms with van der Waals surface area (Å²) in [6, 6.07) is 3.40. The van der Waals surface area contributed by atoms with E-state index in [0.29, 0.717) is 16.4 Å². The number of hydrogen-bond acceptors (Lipinski definition) is 2. The van der Waals surface area contributed by atoms with Crippen molar-refractivity contribution in [3.63, 3.8) is 0 Å². The highest BCUT2D eigenvalue weighted by molar-refractivity contribution is 6.36. The molecular weight excluding hydrogens is 172 g/mol. The smallest absolute Gasteiger partial charge is 0.201 e. The van der Waals surface area contributed by atoms with Gasteiger partial charge in [0.25, 0.3) is 0 Å². The maximum atomic E-state index is 5.64. The Balaban J connectivity index is 2.83. The van der Waals surface area contributed by atoms with Gasteiger partial charge in [-0.05, 0) is 23.7 Å². The summed E-state index contributed by atoms with van der Waals surface area (Å²) in [5.74, 6) is 0. The quantitative estimate of drug-likeness (QED) is 0.457. The minimum atomic E-state index is 0.343. The molecule has 58 valence electrons. The van der Waals surface area contributed by atoms with Gasteiger partial charge in [-0.3, -0.25) is 0 Å². The molecule has 5 heteroatoms. The molecule has 3 nitrogen and oxygen atoms in total. The number of nitrogens with zero attached hydrogens (tertiary/aromatic N) is 1. The molecule has 0 atom stereocenters.